The second-order valence-electron chi connectivity index (χ2n) is 5.32. The molecule has 2 aromatic carbocycles. The highest BCUT2D eigenvalue weighted by Crippen LogP contribution is 2.36. The molecule has 21 heavy (non-hydrogen) atoms. The molecule has 0 spiro atoms. The van der Waals surface area contributed by atoms with Gasteiger partial charge in [-0.3, -0.25) is 0 Å². The summed E-state index contributed by atoms with van der Waals surface area (Å²) in [6.07, 6.45) is 0.588. The van der Waals surface area contributed by atoms with Crippen molar-refractivity contribution in [3.05, 3.63) is 58.1 Å². The molecule has 2 atom stereocenters. The van der Waals surface area contributed by atoms with Crippen molar-refractivity contribution in [1.82, 2.24) is 0 Å². The number of ether oxygens (including phenoxy) is 1. The molecule has 0 radical (unpaired) electrons. The van der Waals surface area contributed by atoms with Crippen molar-refractivity contribution in [2.75, 3.05) is 0 Å². The largest absolute Gasteiger partial charge is 0.456 e. The van der Waals surface area contributed by atoms with Gasteiger partial charge in [-0.2, -0.15) is 0 Å². The van der Waals surface area contributed by atoms with Crippen LogP contribution in [0.15, 0.2) is 46.9 Å². The van der Waals surface area contributed by atoms with Crippen molar-refractivity contribution in [3.8, 4) is 11.5 Å². The maximum atomic E-state index is 9.62. The summed E-state index contributed by atoms with van der Waals surface area (Å²) in [5.41, 5.74) is 2.08. The Hall–Kier alpha value is -1.32. The fourth-order valence-electron chi connectivity index (χ4n) is 2.18. The van der Waals surface area contributed by atoms with Crippen LogP contribution < -0.4 is 4.74 Å². The summed E-state index contributed by atoms with van der Waals surface area (Å²) < 4.78 is 6.92. The van der Waals surface area contributed by atoms with E-state index in [0.717, 1.165) is 28.0 Å². The summed E-state index contributed by atoms with van der Waals surface area (Å²) in [4.78, 5) is 0. The number of aliphatic hydroxyl groups excluding tert-OH is 1. The highest BCUT2D eigenvalue weighted by Gasteiger charge is 2.12. The third kappa shape index (κ3) is 3.86. The van der Waals surface area contributed by atoms with Crippen molar-refractivity contribution in [2.24, 2.45) is 0 Å². The summed E-state index contributed by atoms with van der Waals surface area (Å²) in [6.45, 7) is 6.13. The molecule has 3 heteroatoms. The summed E-state index contributed by atoms with van der Waals surface area (Å²) in [7, 11) is 0. The standard InChI is InChI=1S/C18H21BrO2/c1-4-12(2)15-7-5-6-8-17(15)21-18-10-9-14(13(3)20)11-16(18)19/h5-13,20H,4H2,1-3H3. The lowest BCUT2D eigenvalue weighted by molar-refractivity contribution is 0.199. The minimum Gasteiger partial charge on any atom is -0.456 e. The Kier molecular flexibility index (Phi) is 5.43. The number of hydrogen-bond donors (Lipinski definition) is 1. The van der Waals surface area contributed by atoms with Gasteiger partial charge in [-0.25, -0.2) is 0 Å². The first-order valence-electron chi connectivity index (χ1n) is 7.27. The molecule has 2 unspecified atom stereocenters. The van der Waals surface area contributed by atoms with Gasteiger partial charge in [-0.05, 0) is 64.5 Å². The lowest BCUT2D eigenvalue weighted by atomic mass is 9.98. The van der Waals surface area contributed by atoms with Crippen LogP contribution in [0.1, 0.15) is 50.3 Å². The molecule has 0 aromatic heterocycles. The van der Waals surface area contributed by atoms with Gasteiger partial charge >= 0.3 is 0 Å². The molecule has 0 saturated heterocycles. The number of halogens is 1. The zero-order chi connectivity index (χ0) is 15.4. The zero-order valence-corrected chi connectivity index (χ0v) is 14.2. The van der Waals surface area contributed by atoms with Crippen molar-refractivity contribution in [1.29, 1.82) is 0 Å². The van der Waals surface area contributed by atoms with Crippen LogP contribution in [0, 0.1) is 0 Å². The Bertz CT molecular complexity index is 608. The molecule has 2 aromatic rings. The molecule has 0 aliphatic heterocycles. The predicted octanol–water partition coefficient (Wildman–Crippen LogP) is 5.81. The Labute approximate surface area is 134 Å². The molecule has 0 amide bonds. The molecule has 0 heterocycles. The normalized spacial score (nSPS) is 13.8. The fourth-order valence-corrected chi connectivity index (χ4v) is 2.66. The second-order valence-corrected chi connectivity index (χ2v) is 6.17. The topological polar surface area (TPSA) is 29.5 Å². The van der Waals surface area contributed by atoms with Gasteiger partial charge in [0.25, 0.3) is 0 Å². The van der Waals surface area contributed by atoms with Crippen molar-refractivity contribution in [2.45, 2.75) is 39.2 Å². The Balaban J connectivity index is 2.30. The molecule has 0 aliphatic rings. The van der Waals surface area contributed by atoms with Crippen LogP contribution in [0.25, 0.3) is 0 Å². The maximum absolute atomic E-state index is 9.62. The van der Waals surface area contributed by atoms with E-state index in [1.807, 2.05) is 36.4 Å². The average molecular weight is 349 g/mol. The first kappa shape index (κ1) is 16.1. The Morgan fingerprint density at radius 1 is 1.10 bits per heavy atom. The minimum absolute atomic E-state index is 0.455. The van der Waals surface area contributed by atoms with Crippen molar-refractivity contribution >= 4 is 15.9 Å². The molecule has 2 nitrogen and oxygen atoms in total. The first-order chi connectivity index (χ1) is 10.0. The van der Waals surface area contributed by atoms with E-state index in [2.05, 4.69) is 35.8 Å². The van der Waals surface area contributed by atoms with Gasteiger partial charge < -0.3 is 9.84 Å². The first-order valence-corrected chi connectivity index (χ1v) is 8.06. The summed E-state index contributed by atoms with van der Waals surface area (Å²) in [6, 6.07) is 13.8. The third-order valence-corrected chi connectivity index (χ3v) is 4.34. The van der Waals surface area contributed by atoms with Crippen LogP contribution in [0.3, 0.4) is 0 Å². The van der Waals surface area contributed by atoms with E-state index < -0.39 is 6.10 Å². The molecule has 0 fully saturated rings. The summed E-state index contributed by atoms with van der Waals surface area (Å²) >= 11 is 3.52. The van der Waals surface area contributed by atoms with Gasteiger partial charge in [0.05, 0.1) is 10.6 Å². The number of benzene rings is 2. The Morgan fingerprint density at radius 3 is 2.43 bits per heavy atom. The molecule has 112 valence electrons. The van der Waals surface area contributed by atoms with Crippen LogP contribution >= 0.6 is 15.9 Å². The predicted molar refractivity (Wildman–Crippen MR) is 90.0 cm³/mol. The van der Waals surface area contributed by atoms with E-state index in [0.29, 0.717) is 5.92 Å². The highest BCUT2D eigenvalue weighted by atomic mass is 79.9. The van der Waals surface area contributed by atoms with Crippen LogP contribution in [-0.4, -0.2) is 5.11 Å². The van der Waals surface area contributed by atoms with Crippen LogP contribution in [0.2, 0.25) is 0 Å². The number of aliphatic hydroxyl groups is 1. The van der Waals surface area contributed by atoms with Crippen LogP contribution in [0.5, 0.6) is 11.5 Å². The van der Waals surface area contributed by atoms with E-state index in [9.17, 15) is 5.11 Å². The van der Waals surface area contributed by atoms with E-state index in [4.69, 9.17) is 4.74 Å². The van der Waals surface area contributed by atoms with Crippen LogP contribution in [0.4, 0.5) is 0 Å². The SMILES string of the molecule is CCC(C)c1ccccc1Oc1ccc(C(C)O)cc1Br. The quantitative estimate of drug-likeness (QED) is 0.738. The second kappa shape index (κ2) is 7.10. The molecule has 0 saturated carbocycles. The lowest BCUT2D eigenvalue weighted by Gasteiger charge is -2.16. The number of rotatable bonds is 5. The van der Waals surface area contributed by atoms with E-state index in [-0.39, 0.29) is 0 Å². The average Bonchev–Trinajstić information content (AvgIpc) is 2.49. The smallest absolute Gasteiger partial charge is 0.141 e. The van der Waals surface area contributed by atoms with Gasteiger partial charge in [0.1, 0.15) is 11.5 Å². The van der Waals surface area contributed by atoms with Crippen molar-refractivity contribution in [3.63, 3.8) is 0 Å². The monoisotopic (exact) mass is 348 g/mol. The fraction of sp³-hybridized carbons (Fsp3) is 0.333. The third-order valence-electron chi connectivity index (χ3n) is 3.72. The molecule has 1 N–H and O–H groups in total. The Morgan fingerprint density at radius 2 is 1.81 bits per heavy atom. The van der Waals surface area contributed by atoms with Gasteiger partial charge in [-0.15, -0.1) is 0 Å². The highest BCUT2D eigenvalue weighted by molar-refractivity contribution is 9.10. The molecular formula is C18H21BrO2. The van der Waals surface area contributed by atoms with E-state index in [1.165, 1.54) is 5.56 Å². The van der Waals surface area contributed by atoms with Gasteiger partial charge in [0.15, 0.2) is 0 Å². The number of para-hydroxylation sites is 1. The van der Waals surface area contributed by atoms with E-state index >= 15 is 0 Å². The van der Waals surface area contributed by atoms with Gasteiger partial charge in [0.2, 0.25) is 0 Å². The van der Waals surface area contributed by atoms with E-state index in [1.54, 1.807) is 6.92 Å². The lowest BCUT2D eigenvalue weighted by Crippen LogP contribution is -1.97. The molecule has 0 aliphatic carbocycles. The molecular weight excluding hydrogens is 328 g/mol. The van der Waals surface area contributed by atoms with Crippen molar-refractivity contribution < 1.29 is 9.84 Å². The maximum Gasteiger partial charge on any atom is 0.141 e. The zero-order valence-electron chi connectivity index (χ0n) is 12.6. The van der Waals surface area contributed by atoms with Crippen LogP contribution in [-0.2, 0) is 0 Å². The van der Waals surface area contributed by atoms with Gasteiger partial charge in [-0.1, -0.05) is 38.1 Å². The molecule has 0 bridgehead atoms. The summed E-state index contributed by atoms with van der Waals surface area (Å²) in [5, 5.41) is 9.62. The molecule has 2 rings (SSSR count). The van der Waals surface area contributed by atoms with Gasteiger partial charge in [0, 0.05) is 0 Å². The number of hydrogen-bond acceptors (Lipinski definition) is 2. The summed E-state index contributed by atoms with van der Waals surface area (Å²) in [5.74, 6) is 2.10. The minimum atomic E-state index is -0.484.